The summed E-state index contributed by atoms with van der Waals surface area (Å²) >= 11 is 1.22. The van der Waals surface area contributed by atoms with Gasteiger partial charge in [-0.05, 0) is 30.7 Å². The molecule has 0 radical (unpaired) electrons. The van der Waals surface area contributed by atoms with Crippen LogP contribution in [0.15, 0.2) is 76.5 Å². The van der Waals surface area contributed by atoms with Crippen molar-refractivity contribution in [2.75, 3.05) is 5.75 Å². The number of hydrogen-bond donors (Lipinski definition) is 1. The number of furan rings is 1. The Morgan fingerprint density at radius 1 is 1.12 bits per heavy atom. The highest BCUT2D eigenvalue weighted by Gasteiger charge is 2.19. The fraction of sp³-hybridized carbons (Fsp3) is 0.174. The Labute approximate surface area is 187 Å². The molecular weight excluding hydrogens is 434 g/mol. The van der Waals surface area contributed by atoms with Crippen molar-refractivity contribution in [2.45, 2.75) is 24.7 Å². The third-order valence-corrected chi connectivity index (χ3v) is 5.75. The van der Waals surface area contributed by atoms with Gasteiger partial charge in [0.25, 0.3) is 0 Å². The number of rotatable bonds is 8. The number of hydrogen-bond acceptors (Lipinski definition) is 5. The molecule has 0 aliphatic rings. The van der Waals surface area contributed by atoms with Crippen LogP contribution in [0, 0.1) is 11.6 Å². The van der Waals surface area contributed by atoms with Gasteiger partial charge in [-0.1, -0.05) is 48.2 Å². The summed E-state index contributed by atoms with van der Waals surface area (Å²) in [6, 6.07) is 16.1. The summed E-state index contributed by atoms with van der Waals surface area (Å²) in [6.45, 7) is 2.15. The van der Waals surface area contributed by atoms with Crippen molar-refractivity contribution in [3.8, 4) is 11.6 Å². The van der Waals surface area contributed by atoms with Gasteiger partial charge in [-0.15, -0.1) is 10.2 Å². The smallest absolute Gasteiger partial charge is 0.230 e. The van der Waals surface area contributed by atoms with Gasteiger partial charge in [0.2, 0.25) is 11.7 Å². The molecule has 2 aromatic carbocycles. The van der Waals surface area contributed by atoms with E-state index >= 15 is 0 Å². The maximum absolute atomic E-state index is 14.0. The summed E-state index contributed by atoms with van der Waals surface area (Å²) < 4.78 is 34.5. The monoisotopic (exact) mass is 454 g/mol. The molecule has 2 aromatic heterocycles. The van der Waals surface area contributed by atoms with E-state index in [0.29, 0.717) is 23.3 Å². The SMILES string of the molecule is CC(NC(=O)CSc1nnc(-c2ccco2)n1Cc1ccccc1)c1ccc(F)cc1F. The highest BCUT2D eigenvalue weighted by atomic mass is 32.2. The van der Waals surface area contributed by atoms with Crippen molar-refractivity contribution in [1.29, 1.82) is 0 Å². The van der Waals surface area contributed by atoms with Crippen LogP contribution in [0.25, 0.3) is 11.6 Å². The van der Waals surface area contributed by atoms with E-state index in [0.717, 1.165) is 17.7 Å². The molecule has 0 fully saturated rings. The summed E-state index contributed by atoms with van der Waals surface area (Å²) in [5.74, 6) is -0.478. The Balaban J connectivity index is 1.47. The average Bonchev–Trinajstić information content (AvgIpc) is 3.43. The lowest BCUT2D eigenvalue weighted by atomic mass is 10.1. The van der Waals surface area contributed by atoms with Crippen LogP contribution in [-0.4, -0.2) is 26.4 Å². The molecule has 0 saturated heterocycles. The molecule has 0 aliphatic heterocycles. The third-order valence-electron chi connectivity index (χ3n) is 4.78. The van der Waals surface area contributed by atoms with Crippen LogP contribution in [0.5, 0.6) is 0 Å². The second-order valence-corrected chi connectivity index (χ2v) is 8.04. The predicted molar refractivity (Wildman–Crippen MR) is 117 cm³/mol. The Bertz CT molecular complexity index is 1200. The molecule has 1 unspecified atom stereocenters. The number of nitrogens with zero attached hydrogens (tertiary/aromatic N) is 3. The Morgan fingerprint density at radius 3 is 2.66 bits per heavy atom. The molecule has 9 heteroatoms. The van der Waals surface area contributed by atoms with Gasteiger partial charge in [0.15, 0.2) is 10.9 Å². The van der Waals surface area contributed by atoms with Crippen LogP contribution in [0.3, 0.4) is 0 Å². The summed E-state index contributed by atoms with van der Waals surface area (Å²) in [6.07, 6.45) is 1.56. The number of nitrogens with one attached hydrogen (secondary N) is 1. The minimum atomic E-state index is -0.698. The summed E-state index contributed by atoms with van der Waals surface area (Å²) in [7, 11) is 0. The Morgan fingerprint density at radius 2 is 1.94 bits per heavy atom. The molecule has 0 spiro atoms. The van der Waals surface area contributed by atoms with E-state index in [1.54, 1.807) is 25.3 Å². The van der Waals surface area contributed by atoms with E-state index in [1.807, 2.05) is 34.9 Å². The zero-order chi connectivity index (χ0) is 22.5. The average molecular weight is 455 g/mol. The van der Waals surface area contributed by atoms with E-state index in [9.17, 15) is 13.6 Å². The number of aromatic nitrogens is 3. The lowest BCUT2D eigenvalue weighted by molar-refractivity contribution is -0.119. The first-order chi connectivity index (χ1) is 15.5. The van der Waals surface area contributed by atoms with Gasteiger partial charge in [-0.25, -0.2) is 8.78 Å². The van der Waals surface area contributed by atoms with E-state index < -0.39 is 17.7 Å². The lowest BCUT2D eigenvalue weighted by Crippen LogP contribution is -2.28. The molecular formula is C23H20F2N4O2S. The molecule has 1 amide bonds. The van der Waals surface area contributed by atoms with Crippen molar-refractivity contribution < 1.29 is 18.0 Å². The van der Waals surface area contributed by atoms with E-state index in [2.05, 4.69) is 15.5 Å². The molecule has 2 heterocycles. The second kappa shape index (κ2) is 9.78. The van der Waals surface area contributed by atoms with E-state index in [-0.39, 0.29) is 17.2 Å². The first kappa shape index (κ1) is 21.8. The Kier molecular flexibility index (Phi) is 6.65. The van der Waals surface area contributed by atoms with E-state index in [1.165, 1.54) is 17.8 Å². The molecule has 1 N–H and O–H groups in total. The maximum atomic E-state index is 14.0. The van der Waals surface area contributed by atoms with Crippen molar-refractivity contribution in [3.05, 3.63) is 89.7 Å². The largest absolute Gasteiger partial charge is 0.461 e. The van der Waals surface area contributed by atoms with Gasteiger partial charge >= 0.3 is 0 Å². The summed E-state index contributed by atoms with van der Waals surface area (Å²) in [5.41, 5.74) is 1.27. The van der Waals surface area contributed by atoms with Gasteiger partial charge < -0.3 is 9.73 Å². The standard InChI is InChI=1S/C23H20F2N4O2S/c1-15(18-10-9-17(24)12-19(18)25)26-21(30)14-32-23-28-27-22(20-8-5-11-31-20)29(23)13-16-6-3-2-4-7-16/h2-12,15H,13-14H2,1H3,(H,26,30). The first-order valence-corrected chi connectivity index (χ1v) is 10.9. The van der Waals surface area contributed by atoms with Gasteiger partial charge in [-0.2, -0.15) is 0 Å². The van der Waals surface area contributed by atoms with Gasteiger partial charge in [-0.3, -0.25) is 9.36 Å². The van der Waals surface area contributed by atoms with Crippen LogP contribution < -0.4 is 5.32 Å². The van der Waals surface area contributed by atoms with Crippen LogP contribution in [0.4, 0.5) is 8.78 Å². The van der Waals surface area contributed by atoms with Crippen molar-refractivity contribution in [2.24, 2.45) is 0 Å². The number of amides is 1. The zero-order valence-electron chi connectivity index (χ0n) is 17.2. The van der Waals surface area contributed by atoms with Crippen LogP contribution in [0.2, 0.25) is 0 Å². The summed E-state index contributed by atoms with van der Waals surface area (Å²) in [4.78, 5) is 12.5. The molecule has 164 valence electrons. The topological polar surface area (TPSA) is 73.0 Å². The van der Waals surface area contributed by atoms with Crippen molar-refractivity contribution in [1.82, 2.24) is 20.1 Å². The van der Waals surface area contributed by atoms with Gasteiger partial charge in [0, 0.05) is 11.6 Å². The number of halogens is 2. The van der Waals surface area contributed by atoms with Crippen LogP contribution in [-0.2, 0) is 11.3 Å². The van der Waals surface area contributed by atoms with Gasteiger partial charge in [0.1, 0.15) is 11.6 Å². The normalized spacial score (nSPS) is 12.0. The minimum absolute atomic E-state index is 0.0538. The fourth-order valence-electron chi connectivity index (χ4n) is 3.24. The first-order valence-electron chi connectivity index (χ1n) is 9.89. The number of carbonyl (C=O) groups excluding carboxylic acids is 1. The van der Waals surface area contributed by atoms with Crippen molar-refractivity contribution in [3.63, 3.8) is 0 Å². The highest BCUT2D eigenvalue weighted by Crippen LogP contribution is 2.26. The molecule has 0 aliphatic carbocycles. The van der Waals surface area contributed by atoms with E-state index in [4.69, 9.17) is 4.42 Å². The second-order valence-electron chi connectivity index (χ2n) is 7.10. The predicted octanol–water partition coefficient (Wildman–Crippen LogP) is 4.83. The van der Waals surface area contributed by atoms with Crippen LogP contribution in [0.1, 0.15) is 24.1 Å². The summed E-state index contributed by atoms with van der Waals surface area (Å²) in [5, 5.41) is 11.8. The minimum Gasteiger partial charge on any atom is -0.461 e. The van der Waals surface area contributed by atoms with Crippen molar-refractivity contribution >= 4 is 17.7 Å². The number of benzene rings is 2. The lowest BCUT2D eigenvalue weighted by Gasteiger charge is -2.15. The molecule has 32 heavy (non-hydrogen) atoms. The van der Waals surface area contributed by atoms with Gasteiger partial charge in [0.05, 0.1) is 24.6 Å². The molecule has 6 nitrogen and oxygen atoms in total. The number of carbonyl (C=O) groups is 1. The maximum Gasteiger partial charge on any atom is 0.230 e. The molecule has 4 rings (SSSR count). The quantitative estimate of drug-likeness (QED) is 0.386. The number of thioether (sulfide) groups is 1. The Hall–Kier alpha value is -3.46. The molecule has 1 atom stereocenters. The fourth-order valence-corrected chi connectivity index (χ4v) is 3.98. The molecule has 0 bridgehead atoms. The highest BCUT2D eigenvalue weighted by molar-refractivity contribution is 7.99. The van der Waals surface area contributed by atoms with Crippen LogP contribution >= 0.6 is 11.8 Å². The molecule has 4 aromatic rings. The third kappa shape index (κ3) is 5.05. The molecule has 0 saturated carbocycles. The zero-order valence-corrected chi connectivity index (χ0v) is 18.0.